The van der Waals surface area contributed by atoms with Gasteiger partial charge in [0.1, 0.15) is 40.5 Å². The quantitative estimate of drug-likeness (QED) is 0.129. The summed E-state index contributed by atoms with van der Waals surface area (Å²) in [5.74, 6) is -2.88. The molecule has 1 aliphatic rings. The number of thiazole rings is 1. The number of nitrogens with one attached hydrogen (secondary N) is 1. The number of anilines is 2. The molecule has 1 N–H and O–H groups in total. The van der Waals surface area contributed by atoms with E-state index in [-0.39, 0.29) is 28.7 Å². The summed E-state index contributed by atoms with van der Waals surface area (Å²) in [5.41, 5.74) is 1.94. The number of benzene rings is 3. The van der Waals surface area contributed by atoms with Crippen LogP contribution < -0.4 is 14.8 Å². The molecule has 0 atom stereocenters. The molecule has 1 saturated heterocycles. The Hall–Kier alpha value is -4.57. The zero-order valence-electron chi connectivity index (χ0n) is 29.1. The van der Waals surface area contributed by atoms with E-state index in [0.29, 0.717) is 39.4 Å². The molecule has 0 amide bonds. The first kappa shape index (κ1) is 37.2. The van der Waals surface area contributed by atoms with Gasteiger partial charge in [-0.2, -0.15) is 0 Å². The third kappa shape index (κ3) is 8.22. The van der Waals surface area contributed by atoms with E-state index in [1.807, 2.05) is 32.9 Å². The maximum atomic E-state index is 16.2. The lowest BCUT2D eigenvalue weighted by Gasteiger charge is -2.26. The second kappa shape index (κ2) is 16.0. The molecule has 0 unspecified atom stereocenters. The molecule has 6 rings (SSSR count). The van der Waals surface area contributed by atoms with Crippen molar-refractivity contribution in [2.75, 3.05) is 51.9 Å². The molecule has 5 aromatic rings. The summed E-state index contributed by atoms with van der Waals surface area (Å²) in [7, 11) is -3.03. The molecule has 0 aliphatic carbocycles. The average Bonchev–Trinajstić information content (AvgIpc) is 3.56. The molecule has 3 aromatic carbocycles. The molecule has 0 radical (unpaired) electrons. The van der Waals surface area contributed by atoms with Crippen LogP contribution in [0.25, 0.3) is 21.8 Å². The van der Waals surface area contributed by atoms with E-state index in [1.165, 1.54) is 29.5 Å². The van der Waals surface area contributed by atoms with Gasteiger partial charge in [0.2, 0.25) is 5.95 Å². The summed E-state index contributed by atoms with van der Waals surface area (Å²) in [6.45, 7) is 10.3. The number of morpholine rings is 1. The smallest absolute Gasteiger partial charge is 0.227 e. The number of nitrogens with zero attached hydrogens (tertiary/aromatic N) is 4. The number of ether oxygens (including phenoxy) is 3. The highest BCUT2D eigenvalue weighted by atomic mass is 32.2. The number of aromatic nitrogens is 3. The standard InChI is InChI=1S/C37H38F3N5O5S2/c1-22(2)36-44-33(25-8-5-7-24(32(25)40)21-52(46,47)35-26(38)9-6-10-27(35)39)34(51-36)28-11-12-41-37(42-28)43-29-19-23(3)30(20-31(29)48-4)50-18-15-45-13-16-49-17-14-45/h5-12,19-20,22H,13-18,21H2,1-4H3,(H,41,42,43). The Balaban J connectivity index is 1.28. The van der Waals surface area contributed by atoms with Crippen molar-refractivity contribution in [1.29, 1.82) is 0 Å². The van der Waals surface area contributed by atoms with Gasteiger partial charge in [-0.3, -0.25) is 4.90 Å². The predicted octanol–water partition coefficient (Wildman–Crippen LogP) is 7.55. The summed E-state index contributed by atoms with van der Waals surface area (Å²) in [4.78, 5) is 15.6. The van der Waals surface area contributed by atoms with Crippen LogP contribution in [0.2, 0.25) is 0 Å². The van der Waals surface area contributed by atoms with Gasteiger partial charge in [0, 0.05) is 48.9 Å². The highest BCUT2D eigenvalue weighted by Crippen LogP contribution is 2.41. The molecule has 3 heterocycles. The molecule has 1 fully saturated rings. The fraction of sp³-hybridized carbons (Fsp3) is 0.324. The first-order chi connectivity index (χ1) is 24.9. The Morgan fingerprint density at radius 1 is 1.00 bits per heavy atom. The number of halogens is 3. The largest absolute Gasteiger partial charge is 0.494 e. The van der Waals surface area contributed by atoms with E-state index in [4.69, 9.17) is 24.2 Å². The van der Waals surface area contributed by atoms with E-state index in [9.17, 15) is 17.2 Å². The molecule has 0 spiro atoms. The minimum atomic E-state index is -4.58. The van der Waals surface area contributed by atoms with Crippen molar-refractivity contribution >= 4 is 32.8 Å². The van der Waals surface area contributed by atoms with Crippen molar-refractivity contribution in [3.05, 3.63) is 94.4 Å². The van der Waals surface area contributed by atoms with E-state index in [1.54, 1.807) is 19.4 Å². The van der Waals surface area contributed by atoms with Gasteiger partial charge in [0.05, 0.1) is 53.0 Å². The van der Waals surface area contributed by atoms with Gasteiger partial charge in [-0.1, -0.05) is 32.0 Å². The lowest BCUT2D eigenvalue weighted by Crippen LogP contribution is -2.38. The topological polar surface area (TPSA) is 116 Å². The summed E-state index contributed by atoms with van der Waals surface area (Å²) in [5, 5.41) is 3.93. The summed E-state index contributed by atoms with van der Waals surface area (Å²) >= 11 is 1.32. The van der Waals surface area contributed by atoms with Crippen molar-refractivity contribution in [3.63, 3.8) is 0 Å². The van der Waals surface area contributed by atoms with Gasteiger partial charge in [-0.05, 0) is 42.8 Å². The summed E-state index contributed by atoms with van der Waals surface area (Å²) in [6, 6.07) is 12.4. The molecule has 1 aliphatic heterocycles. The first-order valence-electron chi connectivity index (χ1n) is 16.6. The van der Waals surface area contributed by atoms with Crippen molar-refractivity contribution in [3.8, 4) is 33.3 Å². The Morgan fingerprint density at radius 3 is 2.44 bits per heavy atom. The van der Waals surface area contributed by atoms with Crippen molar-refractivity contribution in [1.82, 2.24) is 19.9 Å². The highest BCUT2D eigenvalue weighted by Gasteiger charge is 2.28. The number of rotatable bonds is 13. The first-order valence-corrected chi connectivity index (χ1v) is 19.1. The van der Waals surface area contributed by atoms with E-state index in [2.05, 4.69) is 15.2 Å². The van der Waals surface area contributed by atoms with Gasteiger partial charge in [0.25, 0.3) is 0 Å². The molecule has 0 saturated carbocycles. The van der Waals surface area contributed by atoms with Crippen molar-refractivity contribution in [2.45, 2.75) is 37.3 Å². The van der Waals surface area contributed by atoms with Crippen LogP contribution in [-0.4, -0.2) is 74.8 Å². The van der Waals surface area contributed by atoms with Crippen LogP contribution in [0.5, 0.6) is 11.5 Å². The number of hydrogen-bond donors (Lipinski definition) is 1. The van der Waals surface area contributed by atoms with Gasteiger partial charge < -0.3 is 19.5 Å². The van der Waals surface area contributed by atoms with Crippen LogP contribution in [0.3, 0.4) is 0 Å². The molecule has 274 valence electrons. The van der Waals surface area contributed by atoms with Gasteiger partial charge in [0.15, 0.2) is 9.84 Å². The number of hydrogen-bond acceptors (Lipinski definition) is 11. The van der Waals surface area contributed by atoms with E-state index in [0.717, 1.165) is 56.6 Å². The maximum absolute atomic E-state index is 16.2. The third-order valence-electron chi connectivity index (χ3n) is 8.45. The second-order valence-corrected chi connectivity index (χ2v) is 15.4. The van der Waals surface area contributed by atoms with E-state index < -0.39 is 37.9 Å². The van der Waals surface area contributed by atoms with Crippen LogP contribution in [0.4, 0.5) is 24.8 Å². The Kier molecular flexibility index (Phi) is 11.4. The molecule has 15 heteroatoms. The molecule has 0 bridgehead atoms. The number of aryl methyl sites for hydroxylation is 1. The fourth-order valence-corrected chi connectivity index (χ4v) is 8.30. The lowest BCUT2D eigenvalue weighted by atomic mass is 10.1. The van der Waals surface area contributed by atoms with Crippen molar-refractivity contribution < 1.29 is 35.8 Å². The fourth-order valence-electron chi connectivity index (χ4n) is 5.74. The van der Waals surface area contributed by atoms with Crippen LogP contribution in [0.1, 0.15) is 35.9 Å². The highest BCUT2D eigenvalue weighted by molar-refractivity contribution is 7.90. The number of methoxy groups -OCH3 is 1. The van der Waals surface area contributed by atoms with Crippen LogP contribution >= 0.6 is 11.3 Å². The molecule has 2 aromatic heterocycles. The molecular weight excluding hydrogens is 716 g/mol. The lowest BCUT2D eigenvalue weighted by molar-refractivity contribution is 0.0322. The van der Waals surface area contributed by atoms with Gasteiger partial charge in [-0.25, -0.2) is 36.5 Å². The van der Waals surface area contributed by atoms with Crippen LogP contribution in [0.15, 0.2) is 65.7 Å². The monoisotopic (exact) mass is 753 g/mol. The maximum Gasteiger partial charge on any atom is 0.227 e. The Morgan fingerprint density at radius 2 is 1.73 bits per heavy atom. The van der Waals surface area contributed by atoms with Crippen molar-refractivity contribution in [2.24, 2.45) is 0 Å². The zero-order valence-corrected chi connectivity index (χ0v) is 30.7. The van der Waals surface area contributed by atoms with Gasteiger partial charge in [-0.15, -0.1) is 11.3 Å². The third-order valence-corrected chi connectivity index (χ3v) is 11.5. The normalized spacial score (nSPS) is 13.8. The average molecular weight is 754 g/mol. The SMILES string of the molecule is COc1cc(OCCN2CCOCC2)c(C)cc1Nc1nccc(-c2sc(C(C)C)nc2-c2cccc(CS(=O)(=O)c3c(F)cccc3F)c2F)n1. The van der Waals surface area contributed by atoms with Gasteiger partial charge >= 0.3 is 0 Å². The Labute approximate surface area is 304 Å². The minimum Gasteiger partial charge on any atom is -0.494 e. The minimum absolute atomic E-state index is 0.0191. The van der Waals surface area contributed by atoms with Crippen LogP contribution in [-0.2, 0) is 20.3 Å². The zero-order chi connectivity index (χ0) is 37.0. The summed E-state index contributed by atoms with van der Waals surface area (Å²) in [6.07, 6.45) is 1.56. The molecular formula is C37H38F3N5O5S2. The van der Waals surface area contributed by atoms with Crippen LogP contribution in [0, 0.1) is 24.4 Å². The van der Waals surface area contributed by atoms with E-state index >= 15 is 4.39 Å². The Bertz CT molecular complexity index is 2160. The molecule has 52 heavy (non-hydrogen) atoms. The predicted molar refractivity (Wildman–Crippen MR) is 194 cm³/mol. The second-order valence-electron chi connectivity index (χ2n) is 12.5. The molecule has 10 nitrogen and oxygen atoms in total. The number of sulfone groups is 1. The summed E-state index contributed by atoms with van der Waals surface area (Å²) < 4.78 is 88.4.